The van der Waals surface area contributed by atoms with Gasteiger partial charge in [-0.2, -0.15) is 0 Å². The van der Waals surface area contributed by atoms with Crippen molar-refractivity contribution in [1.29, 1.82) is 0 Å². The van der Waals surface area contributed by atoms with Gasteiger partial charge in [0.1, 0.15) is 11.5 Å². The lowest BCUT2D eigenvalue weighted by atomic mass is 10.1. The molecule has 0 heterocycles. The van der Waals surface area contributed by atoms with Crippen LogP contribution in [0.5, 0.6) is 11.5 Å². The van der Waals surface area contributed by atoms with Gasteiger partial charge in [-0.3, -0.25) is 4.99 Å². The Kier molecular flexibility index (Phi) is 11.2. The van der Waals surface area contributed by atoms with E-state index < -0.39 is 5.97 Å². The Bertz CT molecular complexity index is 815. The quantitative estimate of drug-likeness (QED) is 0.235. The summed E-state index contributed by atoms with van der Waals surface area (Å²) in [7, 11) is 0. The first kappa shape index (κ1) is 24.4. The van der Waals surface area contributed by atoms with Crippen LogP contribution >= 0.6 is 0 Å². The van der Waals surface area contributed by atoms with Crippen LogP contribution in [0.1, 0.15) is 87.1 Å². The zero-order valence-electron chi connectivity index (χ0n) is 18.6. The maximum Gasteiger partial charge on any atom is 0.335 e. The highest BCUT2D eigenvalue weighted by atomic mass is 16.5. The number of hydrogen-bond acceptors (Lipinski definition) is 4. The van der Waals surface area contributed by atoms with Crippen LogP contribution in [-0.4, -0.2) is 29.0 Å². The highest BCUT2D eigenvalue weighted by molar-refractivity contribution is 5.88. The van der Waals surface area contributed by atoms with E-state index in [0.29, 0.717) is 23.6 Å². The van der Waals surface area contributed by atoms with E-state index in [-0.39, 0.29) is 11.3 Å². The first-order valence-electron chi connectivity index (χ1n) is 11.4. The number of aromatic carboxylic acids is 1. The van der Waals surface area contributed by atoms with E-state index in [1.54, 1.807) is 30.5 Å². The SMILES string of the molecule is CCCCCCCCCCCCOc1ccc(C=Nc2ccc(C(=O)O)cc2)c(O)c1. The number of phenolic OH excluding ortho intramolecular Hbond substituents is 1. The van der Waals surface area contributed by atoms with Crippen LogP contribution in [0.4, 0.5) is 5.69 Å². The monoisotopic (exact) mass is 425 g/mol. The summed E-state index contributed by atoms with van der Waals surface area (Å²) in [6.07, 6.45) is 14.4. The number of aliphatic imine (C=N–C) groups is 1. The molecule has 0 aliphatic rings. The fourth-order valence-corrected chi connectivity index (χ4v) is 3.34. The molecule has 0 amide bonds. The van der Waals surface area contributed by atoms with Crippen LogP contribution in [0.3, 0.4) is 0 Å². The van der Waals surface area contributed by atoms with Crippen LogP contribution < -0.4 is 4.74 Å². The Hall–Kier alpha value is -2.82. The fourth-order valence-electron chi connectivity index (χ4n) is 3.34. The lowest BCUT2D eigenvalue weighted by Crippen LogP contribution is -1.97. The highest BCUT2D eigenvalue weighted by Gasteiger charge is 2.03. The molecule has 5 nitrogen and oxygen atoms in total. The molecule has 31 heavy (non-hydrogen) atoms. The molecule has 0 bridgehead atoms. The lowest BCUT2D eigenvalue weighted by Gasteiger charge is -2.08. The minimum absolute atomic E-state index is 0.103. The Morgan fingerprint density at radius 3 is 2.10 bits per heavy atom. The number of carboxylic acids is 1. The Morgan fingerprint density at radius 2 is 1.52 bits per heavy atom. The topological polar surface area (TPSA) is 79.1 Å². The molecule has 168 valence electrons. The number of phenols is 1. The molecular formula is C26H35NO4. The van der Waals surface area contributed by atoms with Crippen LogP contribution in [-0.2, 0) is 0 Å². The van der Waals surface area contributed by atoms with Gasteiger partial charge in [-0.25, -0.2) is 4.79 Å². The molecule has 5 heteroatoms. The molecule has 0 atom stereocenters. The number of benzene rings is 2. The average molecular weight is 426 g/mol. The molecule has 0 aromatic heterocycles. The summed E-state index contributed by atoms with van der Waals surface area (Å²) in [5.74, 6) is -0.218. The van der Waals surface area contributed by atoms with Crippen LogP contribution in [0.15, 0.2) is 47.5 Å². The third kappa shape index (κ3) is 9.69. The first-order chi connectivity index (χ1) is 15.1. The van der Waals surface area contributed by atoms with Crippen LogP contribution in [0.2, 0.25) is 0 Å². The molecule has 2 rings (SSSR count). The van der Waals surface area contributed by atoms with Gasteiger partial charge >= 0.3 is 5.97 Å². The van der Waals surface area contributed by atoms with Crippen LogP contribution in [0, 0.1) is 0 Å². The molecule has 0 saturated heterocycles. The van der Waals surface area contributed by atoms with Crippen molar-refractivity contribution in [2.45, 2.75) is 71.1 Å². The van der Waals surface area contributed by atoms with E-state index in [4.69, 9.17) is 9.84 Å². The standard InChI is InChI=1S/C26H35NO4/c1-2-3-4-5-6-7-8-9-10-11-18-31-24-17-14-22(25(28)19-24)20-27-23-15-12-21(13-16-23)26(29)30/h12-17,19-20,28H,2-11,18H2,1H3,(H,29,30). The van der Waals surface area contributed by atoms with Crippen LogP contribution in [0.25, 0.3) is 0 Å². The number of ether oxygens (including phenoxy) is 1. The molecule has 2 N–H and O–H groups in total. The van der Waals surface area contributed by atoms with Crippen molar-refractivity contribution in [3.63, 3.8) is 0 Å². The molecule has 0 spiro atoms. The maximum absolute atomic E-state index is 10.9. The van der Waals surface area contributed by atoms with Crippen molar-refractivity contribution in [1.82, 2.24) is 0 Å². The minimum Gasteiger partial charge on any atom is -0.507 e. The first-order valence-corrected chi connectivity index (χ1v) is 11.4. The van der Waals surface area contributed by atoms with E-state index in [1.807, 2.05) is 6.07 Å². The van der Waals surface area contributed by atoms with Gasteiger partial charge < -0.3 is 14.9 Å². The van der Waals surface area contributed by atoms with Crippen molar-refractivity contribution >= 4 is 17.9 Å². The van der Waals surface area contributed by atoms with Crippen molar-refractivity contribution in [2.75, 3.05) is 6.61 Å². The summed E-state index contributed by atoms with van der Waals surface area (Å²) in [4.78, 5) is 15.2. The largest absolute Gasteiger partial charge is 0.507 e. The van der Waals surface area contributed by atoms with Gasteiger partial charge in [-0.05, 0) is 42.8 Å². The second kappa shape index (κ2) is 14.2. The number of unbranched alkanes of at least 4 members (excludes halogenated alkanes) is 9. The Balaban J connectivity index is 1.66. The molecule has 0 fully saturated rings. The van der Waals surface area contributed by atoms with E-state index in [0.717, 1.165) is 6.42 Å². The summed E-state index contributed by atoms with van der Waals surface area (Å²) in [5, 5.41) is 19.1. The lowest BCUT2D eigenvalue weighted by molar-refractivity contribution is 0.0697. The summed E-state index contributed by atoms with van der Waals surface area (Å²) in [6, 6.07) is 11.4. The van der Waals surface area contributed by atoms with Crippen molar-refractivity contribution in [3.05, 3.63) is 53.6 Å². The highest BCUT2D eigenvalue weighted by Crippen LogP contribution is 2.23. The molecule has 0 saturated carbocycles. The Morgan fingerprint density at radius 1 is 0.903 bits per heavy atom. The van der Waals surface area contributed by atoms with Crippen molar-refractivity contribution < 1.29 is 19.7 Å². The molecule has 0 aliphatic carbocycles. The van der Waals surface area contributed by atoms with Gasteiger partial charge in [0.25, 0.3) is 0 Å². The van der Waals surface area contributed by atoms with Gasteiger partial charge in [0, 0.05) is 17.8 Å². The minimum atomic E-state index is -0.971. The van der Waals surface area contributed by atoms with Gasteiger partial charge in [0.15, 0.2) is 0 Å². The van der Waals surface area contributed by atoms with E-state index in [1.165, 1.54) is 69.9 Å². The smallest absolute Gasteiger partial charge is 0.335 e. The summed E-state index contributed by atoms with van der Waals surface area (Å²) in [5.41, 5.74) is 1.41. The molecule has 2 aromatic carbocycles. The fraction of sp³-hybridized carbons (Fsp3) is 0.462. The average Bonchev–Trinajstić information content (AvgIpc) is 2.77. The van der Waals surface area contributed by atoms with Crippen molar-refractivity contribution in [3.8, 4) is 11.5 Å². The number of carbonyl (C=O) groups is 1. The van der Waals surface area contributed by atoms with Gasteiger partial charge in [-0.1, -0.05) is 64.7 Å². The third-order valence-corrected chi connectivity index (χ3v) is 5.24. The molecule has 2 aromatic rings. The Labute approximate surface area is 185 Å². The number of aromatic hydroxyl groups is 1. The van der Waals surface area contributed by atoms with Crippen molar-refractivity contribution in [2.24, 2.45) is 4.99 Å². The van der Waals surface area contributed by atoms with Gasteiger partial charge in [0.2, 0.25) is 0 Å². The number of hydrogen-bond donors (Lipinski definition) is 2. The number of rotatable bonds is 15. The van der Waals surface area contributed by atoms with Gasteiger partial charge in [0.05, 0.1) is 17.9 Å². The second-order valence-corrected chi connectivity index (χ2v) is 7.86. The van der Waals surface area contributed by atoms with E-state index in [2.05, 4.69) is 11.9 Å². The summed E-state index contributed by atoms with van der Waals surface area (Å²) in [6.45, 7) is 2.90. The summed E-state index contributed by atoms with van der Waals surface area (Å²) >= 11 is 0. The normalized spacial score (nSPS) is 11.1. The zero-order valence-corrected chi connectivity index (χ0v) is 18.6. The van der Waals surface area contributed by atoms with E-state index in [9.17, 15) is 9.90 Å². The number of carboxylic acid groups (broad SMARTS) is 1. The third-order valence-electron chi connectivity index (χ3n) is 5.24. The zero-order chi connectivity index (χ0) is 22.3. The molecular weight excluding hydrogens is 390 g/mol. The number of nitrogens with zero attached hydrogens (tertiary/aromatic N) is 1. The maximum atomic E-state index is 10.9. The molecule has 0 radical (unpaired) electrons. The van der Waals surface area contributed by atoms with Gasteiger partial charge in [-0.15, -0.1) is 0 Å². The van der Waals surface area contributed by atoms with E-state index >= 15 is 0 Å². The predicted molar refractivity (Wildman–Crippen MR) is 126 cm³/mol. The molecule has 0 aliphatic heterocycles. The second-order valence-electron chi connectivity index (χ2n) is 7.86. The molecule has 0 unspecified atom stereocenters. The summed E-state index contributed by atoms with van der Waals surface area (Å²) < 4.78 is 5.75. The predicted octanol–water partition coefficient (Wildman–Crippen LogP) is 7.14.